The van der Waals surface area contributed by atoms with Crippen molar-refractivity contribution in [2.24, 2.45) is 0 Å². The van der Waals surface area contributed by atoms with Gasteiger partial charge in [-0.2, -0.15) is 0 Å². The smallest absolute Gasteiger partial charge is 0.223 e. The summed E-state index contributed by atoms with van der Waals surface area (Å²) < 4.78 is 5.33. The quantitative estimate of drug-likeness (QED) is 0.766. The first-order chi connectivity index (χ1) is 8.57. The lowest BCUT2D eigenvalue weighted by atomic mass is 10.1. The molecule has 0 spiro atoms. The van der Waals surface area contributed by atoms with E-state index in [4.69, 9.17) is 4.74 Å². The van der Waals surface area contributed by atoms with Gasteiger partial charge in [0.1, 0.15) is 0 Å². The van der Waals surface area contributed by atoms with Crippen LogP contribution in [0.3, 0.4) is 0 Å². The molecule has 2 fully saturated rings. The molecule has 0 saturated carbocycles. The minimum Gasteiger partial charge on any atom is -0.379 e. The van der Waals surface area contributed by atoms with E-state index in [-0.39, 0.29) is 11.4 Å². The van der Waals surface area contributed by atoms with Gasteiger partial charge in [-0.05, 0) is 13.8 Å². The van der Waals surface area contributed by atoms with Crippen LogP contribution in [0.15, 0.2) is 0 Å². The lowest BCUT2D eigenvalue weighted by Crippen LogP contribution is -2.49. The van der Waals surface area contributed by atoms with Crippen molar-refractivity contribution in [1.82, 2.24) is 15.1 Å². The molecule has 0 aromatic carbocycles. The molecule has 0 unspecified atom stereocenters. The van der Waals surface area contributed by atoms with Crippen molar-refractivity contribution in [3.05, 3.63) is 0 Å². The molecule has 1 N–H and O–H groups in total. The van der Waals surface area contributed by atoms with E-state index in [2.05, 4.69) is 24.1 Å². The Bertz CT molecular complexity index is 288. The Hall–Kier alpha value is -0.650. The summed E-state index contributed by atoms with van der Waals surface area (Å²) in [5, 5.41) is 3.42. The molecule has 104 valence electrons. The summed E-state index contributed by atoms with van der Waals surface area (Å²) in [7, 11) is 0. The van der Waals surface area contributed by atoms with Crippen LogP contribution in [0.25, 0.3) is 0 Å². The summed E-state index contributed by atoms with van der Waals surface area (Å²) in [6, 6.07) is 0. The molecule has 0 aromatic heterocycles. The third-order valence-electron chi connectivity index (χ3n) is 3.67. The highest BCUT2D eigenvalue weighted by molar-refractivity contribution is 5.76. The van der Waals surface area contributed by atoms with Crippen LogP contribution in [-0.4, -0.2) is 73.7 Å². The monoisotopic (exact) mass is 255 g/mol. The molecule has 0 bridgehead atoms. The van der Waals surface area contributed by atoms with Gasteiger partial charge < -0.3 is 15.0 Å². The van der Waals surface area contributed by atoms with Crippen LogP contribution in [0.2, 0.25) is 0 Å². The minimum absolute atomic E-state index is 0.0250. The molecule has 5 nitrogen and oxygen atoms in total. The SMILES string of the molecule is CC1(C)CN(CCN2CCOCC2)C(=O)CCN1. The molecule has 2 heterocycles. The number of nitrogens with zero attached hydrogens (tertiary/aromatic N) is 2. The summed E-state index contributed by atoms with van der Waals surface area (Å²) in [6.07, 6.45) is 0.618. The Kier molecular flexibility index (Phi) is 4.59. The summed E-state index contributed by atoms with van der Waals surface area (Å²) >= 11 is 0. The third-order valence-corrected chi connectivity index (χ3v) is 3.67. The van der Waals surface area contributed by atoms with Crippen molar-refractivity contribution in [1.29, 1.82) is 0 Å². The number of morpholine rings is 1. The number of hydrogen-bond acceptors (Lipinski definition) is 4. The van der Waals surface area contributed by atoms with Gasteiger partial charge in [0.25, 0.3) is 0 Å². The summed E-state index contributed by atoms with van der Waals surface area (Å²) in [5.41, 5.74) is 0.0250. The normalized spacial score (nSPS) is 26.1. The van der Waals surface area contributed by atoms with Crippen molar-refractivity contribution in [3.8, 4) is 0 Å². The van der Waals surface area contributed by atoms with Crippen LogP contribution in [0, 0.1) is 0 Å². The Morgan fingerprint density at radius 3 is 2.72 bits per heavy atom. The van der Waals surface area contributed by atoms with E-state index in [0.717, 1.165) is 52.5 Å². The van der Waals surface area contributed by atoms with Gasteiger partial charge in [0, 0.05) is 51.2 Å². The highest BCUT2D eigenvalue weighted by Crippen LogP contribution is 2.11. The zero-order chi connectivity index (χ0) is 13.0. The van der Waals surface area contributed by atoms with Crippen molar-refractivity contribution >= 4 is 5.91 Å². The van der Waals surface area contributed by atoms with Gasteiger partial charge in [0.05, 0.1) is 13.2 Å². The second-order valence-electron chi connectivity index (χ2n) is 5.83. The lowest BCUT2D eigenvalue weighted by Gasteiger charge is -2.33. The Morgan fingerprint density at radius 1 is 1.28 bits per heavy atom. The second-order valence-corrected chi connectivity index (χ2v) is 5.83. The zero-order valence-electron chi connectivity index (χ0n) is 11.6. The maximum Gasteiger partial charge on any atom is 0.223 e. The van der Waals surface area contributed by atoms with Gasteiger partial charge in [-0.15, -0.1) is 0 Å². The lowest BCUT2D eigenvalue weighted by molar-refractivity contribution is -0.131. The van der Waals surface area contributed by atoms with Crippen LogP contribution in [0.1, 0.15) is 20.3 Å². The van der Waals surface area contributed by atoms with E-state index in [9.17, 15) is 4.79 Å². The van der Waals surface area contributed by atoms with E-state index in [1.54, 1.807) is 0 Å². The van der Waals surface area contributed by atoms with Gasteiger partial charge in [-0.3, -0.25) is 9.69 Å². The predicted octanol–water partition coefficient (Wildman–Crippen LogP) is -0.0809. The summed E-state index contributed by atoms with van der Waals surface area (Å²) in [4.78, 5) is 16.4. The first kappa shape index (κ1) is 13.8. The number of carbonyl (C=O) groups excluding carboxylic acids is 1. The first-order valence-electron chi connectivity index (χ1n) is 6.90. The molecule has 0 radical (unpaired) electrons. The standard InChI is InChI=1S/C13H25N3O2/c1-13(2)11-16(12(17)3-4-14-13)6-5-15-7-9-18-10-8-15/h14H,3-11H2,1-2H3. The van der Waals surface area contributed by atoms with Crippen molar-refractivity contribution in [3.63, 3.8) is 0 Å². The largest absolute Gasteiger partial charge is 0.379 e. The average Bonchev–Trinajstić information content (AvgIpc) is 2.47. The van der Waals surface area contributed by atoms with Gasteiger partial charge in [-0.25, -0.2) is 0 Å². The topological polar surface area (TPSA) is 44.8 Å². The highest BCUT2D eigenvalue weighted by atomic mass is 16.5. The van der Waals surface area contributed by atoms with E-state index in [1.807, 2.05) is 4.90 Å². The summed E-state index contributed by atoms with van der Waals surface area (Å²) in [5.74, 6) is 0.279. The molecule has 0 aromatic rings. The second kappa shape index (κ2) is 5.99. The molecule has 18 heavy (non-hydrogen) atoms. The van der Waals surface area contributed by atoms with Crippen LogP contribution < -0.4 is 5.32 Å². The number of amides is 1. The molecular weight excluding hydrogens is 230 g/mol. The number of rotatable bonds is 3. The molecule has 2 rings (SSSR count). The van der Waals surface area contributed by atoms with Gasteiger partial charge in [0.2, 0.25) is 5.91 Å². The van der Waals surface area contributed by atoms with Crippen molar-refractivity contribution in [2.75, 3.05) is 52.5 Å². The van der Waals surface area contributed by atoms with Gasteiger partial charge >= 0.3 is 0 Å². The van der Waals surface area contributed by atoms with Crippen LogP contribution >= 0.6 is 0 Å². The number of ether oxygens (including phenoxy) is 1. The fourth-order valence-electron chi connectivity index (χ4n) is 2.58. The molecular formula is C13H25N3O2. The maximum absolute atomic E-state index is 12.0. The van der Waals surface area contributed by atoms with E-state index < -0.39 is 0 Å². The maximum atomic E-state index is 12.0. The van der Waals surface area contributed by atoms with Crippen LogP contribution in [0.4, 0.5) is 0 Å². The predicted molar refractivity (Wildman–Crippen MR) is 70.5 cm³/mol. The van der Waals surface area contributed by atoms with Gasteiger partial charge in [-0.1, -0.05) is 0 Å². The Labute approximate surface area is 109 Å². The Morgan fingerprint density at radius 2 is 2.00 bits per heavy atom. The van der Waals surface area contributed by atoms with Crippen molar-refractivity contribution in [2.45, 2.75) is 25.8 Å². The van der Waals surface area contributed by atoms with E-state index in [0.29, 0.717) is 6.42 Å². The number of nitrogens with one attached hydrogen (secondary N) is 1. The molecule has 1 amide bonds. The minimum atomic E-state index is 0.0250. The molecule has 2 aliphatic heterocycles. The van der Waals surface area contributed by atoms with Crippen LogP contribution in [-0.2, 0) is 9.53 Å². The molecule has 5 heteroatoms. The first-order valence-corrected chi connectivity index (χ1v) is 6.90. The molecule has 2 aliphatic rings. The Balaban J connectivity index is 1.83. The summed E-state index contributed by atoms with van der Waals surface area (Å²) in [6.45, 7) is 11.3. The van der Waals surface area contributed by atoms with E-state index in [1.165, 1.54) is 0 Å². The van der Waals surface area contributed by atoms with Crippen molar-refractivity contribution < 1.29 is 9.53 Å². The van der Waals surface area contributed by atoms with Crippen LogP contribution in [0.5, 0.6) is 0 Å². The van der Waals surface area contributed by atoms with E-state index >= 15 is 0 Å². The average molecular weight is 255 g/mol. The highest BCUT2D eigenvalue weighted by Gasteiger charge is 2.28. The molecule has 0 atom stereocenters. The number of carbonyl (C=O) groups is 1. The molecule has 2 saturated heterocycles. The fraction of sp³-hybridized carbons (Fsp3) is 0.923. The fourth-order valence-corrected chi connectivity index (χ4v) is 2.58. The van der Waals surface area contributed by atoms with Gasteiger partial charge in [0.15, 0.2) is 0 Å². The number of hydrogen-bond donors (Lipinski definition) is 1. The third kappa shape index (κ3) is 3.93. The zero-order valence-corrected chi connectivity index (χ0v) is 11.6. The molecule has 0 aliphatic carbocycles.